The minimum Gasteiger partial charge on any atom is -0.466 e. The molecule has 3 atom stereocenters. The molecule has 1 rings (SSSR count). The van der Waals surface area contributed by atoms with Crippen LogP contribution < -0.4 is 10.6 Å². The summed E-state index contributed by atoms with van der Waals surface area (Å²) in [6, 6.07) is 0.404. The van der Waals surface area contributed by atoms with Gasteiger partial charge in [-0.05, 0) is 39.2 Å². The van der Waals surface area contributed by atoms with Crippen LogP contribution >= 0.6 is 12.4 Å². The van der Waals surface area contributed by atoms with Crippen LogP contribution in [0.4, 0.5) is 0 Å². The number of hydrogen-bond donors (Lipinski definition) is 2. The Morgan fingerprint density at radius 1 is 1.45 bits per heavy atom. The molecule has 6 heteroatoms. The minimum absolute atomic E-state index is 0. The molecule has 5 nitrogen and oxygen atoms in total. The molecule has 0 aromatic carbocycles. The van der Waals surface area contributed by atoms with Crippen LogP contribution in [0, 0.1) is 11.8 Å². The summed E-state index contributed by atoms with van der Waals surface area (Å²) in [7, 11) is 0. The maximum absolute atomic E-state index is 12.0. The van der Waals surface area contributed by atoms with Crippen molar-refractivity contribution in [2.24, 2.45) is 11.8 Å². The van der Waals surface area contributed by atoms with Crippen molar-refractivity contribution in [3.63, 3.8) is 0 Å². The molecule has 1 amide bonds. The van der Waals surface area contributed by atoms with E-state index < -0.39 is 0 Å². The quantitative estimate of drug-likeness (QED) is 0.730. The Morgan fingerprint density at radius 3 is 2.75 bits per heavy atom. The predicted molar refractivity (Wildman–Crippen MR) is 80.9 cm³/mol. The van der Waals surface area contributed by atoms with Gasteiger partial charge in [0, 0.05) is 24.9 Å². The second-order valence-corrected chi connectivity index (χ2v) is 5.44. The van der Waals surface area contributed by atoms with Gasteiger partial charge in [-0.3, -0.25) is 9.59 Å². The molecule has 118 valence electrons. The lowest BCUT2D eigenvalue weighted by atomic mass is 9.92. The summed E-state index contributed by atoms with van der Waals surface area (Å²) < 4.78 is 4.89. The van der Waals surface area contributed by atoms with Gasteiger partial charge >= 0.3 is 5.97 Å². The van der Waals surface area contributed by atoms with Crippen LogP contribution in [0.5, 0.6) is 0 Å². The number of carbonyl (C=O) groups excluding carboxylic acids is 2. The summed E-state index contributed by atoms with van der Waals surface area (Å²) in [5, 5.41) is 6.28. The Hall–Kier alpha value is -0.810. The molecular weight excluding hydrogens is 280 g/mol. The zero-order valence-corrected chi connectivity index (χ0v) is 13.4. The topological polar surface area (TPSA) is 67.4 Å². The lowest BCUT2D eigenvalue weighted by Crippen LogP contribution is -2.43. The van der Waals surface area contributed by atoms with Crippen molar-refractivity contribution >= 4 is 24.3 Å². The van der Waals surface area contributed by atoms with Gasteiger partial charge in [0.2, 0.25) is 5.91 Å². The molecular formula is C14H27ClN2O3. The van der Waals surface area contributed by atoms with Crippen molar-refractivity contribution in [1.29, 1.82) is 0 Å². The smallest absolute Gasteiger partial charge is 0.306 e. The second kappa shape index (κ2) is 10.00. The predicted octanol–water partition coefficient (Wildman–Crippen LogP) is 1.50. The number of esters is 1. The molecule has 0 bridgehead atoms. The first-order chi connectivity index (χ1) is 9.02. The molecule has 2 N–H and O–H groups in total. The number of rotatable bonds is 6. The van der Waals surface area contributed by atoms with Crippen LogP contribution in [0.1, 0.15) is 40.0 Å². The molecule has 1 aliphatic rings. The van der Waals surface area contributed by atoms with Gasteiger partial charge in [0.1, 0.15) is 0 Å². The fraction of sp³-hybridized carbons (Fsp3) is 0.857. The highest BCUT2D eigenvalue weighted by molar-refractivity contribution is 5.85. The Balaban J connectivity index is 0.00000361. The number of ether oxygens (including phenoxy) is 1. The molecule has 1 unspecified atom stereocenters. The zero-order valence-electron chi connectivity index (χ0n) is 12.6. The molecule has 1 saturated heterocycles. The summed E-state index contributed by atoms with van der Waals surface area (Å²) in [6.07, 6.45) is 2.14. The molecule has 0 spiro atoms. The SMILES string of the molecule is CCOC(=O)CC(C)CNC(=O)[C@H]1CCN[C@@H](C)C1.Cl. The van der Waals surface area contributed by atoms with Gasteiger partial charge < -0.3 is 15.4 Å². The summed E-state index contributed by atoms with van der Waals surface area (Å²) in [5.41, 5.74) is 0. The van der Waals surface area contributed by atoms with E-state index in [1.807, 2.05) is 6.92 Å². The van der Waals surface area contributed by atoms with Crippen molar-refractivity contribution in [2.75, 3.05) is 19.7 Å². The molecule has 0 aromatic heterocycles. The van der Waals surface area contributed by atoms with Crippen LogP contribution in [-0.4, -0.2) is 37.6 Å². The fourth-order valence-electron chi connectivity index (χ4n) is 2.37. The van der Waals surface area contributed by atoms with Gasteiger partial charge in [-0.2, -0.15) is 0 Å². The monoisotopic (exact) mass is 306 g/mol. The highest BCUT2D eigenvalue weighted by atomic mass is 35.5. The zero-order chi connectivity index (χ0) is 14.3. The number of amides is 1. The first-order valence-corrected chi connectivity index (χ1v) is 7.19. The van der Waals surface area contributed by atoms with E-state index in [0.29, 0.717) is 25.6 Å². The molecule has 0 radical (unpaired) electrons. The Morgan fingerprint density at radius 2 is 2.15 bits per heavy atom. The molecule has 0 aliphatic carbocycles. The van der Waals surface area contributed by atoms with Gasteiger partial charge in [-0.25, -0.2) is 0 Å². The van der Waals surface area contributed by atoms with E-state index in [9.17, 15) is 9.59 Å². The van der Waals surface area contributed by atoms with E-state index in [2.05, 4.69) is 17.6 Å². The number of halogens is 1. The highest BCUT2D eigenvalue weighted by Gasteiger charge is 2.24. The third-order valence-corrected chi connectivity index (χ3v) is 3.44. The maximum Gasteiger partial charge on any atom is 0.306 e. The van der Waals surface area contributed by atoms with Crippen molar-refractivity contribution in [3.8, 4) is 0 Å². The highest BCUT2D eigenvalue weighted by Crippen LogP contribution is 2.16. The van der Waals surface area contributed by atoms with Crippen LogP contribution in [0.3, 0.4) is 0 Å². The van der Waals surface area contributed by atoms with E-state index in [1.54, 1.807) is 6.92 Å². The Labute approximate surface area is 127 Å². The normalized spacial score (nSPS) is 23.4. The van der Waals surface area contributed by atoms with E-state index in [4.69, 9.17) is 4.74 Å². The van der Waals surface area contributed by atoms with E-state index in [-0.39, 0.29) is 36.1 Å². The van der Waals surface area contributed by atoms with E-state index >= 15 is 0 Å². The molecule has 20 heavy (non-hydrogen) atoms. The van der Waals surface area contributed by atoms with Gasteiger partial charge in [-0.1, -0.05) is 6.92 Å². The summed E-state index contributed by atoms with van der Waals surface area (Å²) in [6.45, 7) is 7.69. The Bertz CT molecular complexity index is 313. The van der Waals surface area contributed by atoms with Gasteiger partial charge in [0.15, 0.2) is 0 Å². The average molecular weight is 307 g/mol. The third kappa shape index (κ3) is 7.10. The number of nitrogens with one attached hydrogen (secondary N) is 2. The molecule has 1 fully saturated rings. The number of hydrogen-bond acceptors (Lipinski definition) is 4. The van der Waals surface area contributed by atoms with Crippen molar-refractivity contribution < 1.29 is 14.3 Å². The first kappa shape index (κ1) is 19.2. The summed E-state index contributed by atoms with van der Waals surface area (Å²) in [5.74, 6) is 0.136. The van der Waals surface area contributed by atoms with Crippen LogP contribution in [-0.2, 0) is 14.3 Å². The molecule has 0 saturated carbocycles. The largest absolute Gasteiger partial charge is 0.466 e. The van der Waals surface area contributed by atoms with Crippen LogP contribution in [0.15, 0.2) is 0 Å². The van der Waals surface area contributed by atoms with Crippen molar-refractivity contribution in [2.45, 2.75) is 46.1 Å². The molecule has 1 aliphatic heterocycles. The van der Waals surface area contributed by atoms with Gasteiger partial charge in [0.05, 0.1) is 6.61 Å². The third-order valence-electron chi connectivity index (χ3n) is 3.44. The standard InChI is InChI=1S/C14H26N2O3.ClH/c1-4-19-13(17)7-10(2)9-16-14(18)12-5-6-15-11(3)8-12;/h10-12,15H,4-9H2,1-3H3,(H,16,18);1H/t10?,11-,12-;/m0./s1. The Kier molecular flexibility index (Phi) is 9.59. The number of carbonyl (C=O) groups is 2. The minimum atomic E-state index is -0.195. The van der Waals surface area contributed by atoms with Gasteiger partial charge in [-0.15, -0.1) is 12.4 Å². The van der Waals surface area contributed by atoms with Crippen LogP contribution in [0.25, 0.3) is 0 Å². The maximum atomic E-state index is 12.0. The molecule has 0 aromatic rings. The van der Waals surface area contributed by atoms with Crippen LogP contribution in [0.2, 0.25) is 0 Å². The first-order valence-electron chi connectivity index (χ1n) is 7.19. The molecule has 1 heterocycles. The lowest BCUT2D eigenvalue weighted by molar-refractivity contribution is -0.144. The second-order valence-electron chi connectivity index (χ2n) is 5.44. The summed E-state index contributed by atoms with van der Waals surface area (Å²) >= 11 is 0. The summed E-state index contributed by atoms with van der Waals surface area (Å²) in [4.78, 5) is 23.3. The number of piperidine rings is 1. The average Bonchev–Trinajstić information content (AvgIpc) is 2.36. The van der Waals surface area contributed by atoms with Crippen molar-refractivity contribution in [3.05, 3.63) is 0 Å². The van der Waals surface area contributed by atoms with Crippen molar-refractivity contribution in [1.82, 2.24) is 10.6 Å². The van der Waals surface area contributed by atoms with E-state index in [1.165, 1.54) is 0 Å². The fourth-order valence-corrected chi connectivity index (χ4v) is 2.37. The lowest BCUT2D eigenvalue weighted by Gasteiger charge is -2.27. The van der Waals surface area contributed by atoms with Gasteiger partial charge in [0.25, 0.3) is 0 Å². The van der Waals surface area contributed by atoms with E-state index in [0.717, 1.165) is 19.4 Å².